The van der Waals surface area contributed by atoms with E-state index in [1.54, 1.807) is 12.0 Å². The van der Waals surface area contributed by atoms with E-state index in [4.69, 9.17) is 4.74 Å². The average Bonchev–Trinajstić information content (AvgIpc) is 2.43. The van der Waals surface area contributed by atoms with Crippen molar-refractivity contribution in [3.8, 4) is 5.75 Å². The molecule has 1 atom stereocenters. The predicted octanol–water partition coefficient (Wildman–Crippen LogP) is 0.932. The van der Waals surface area contributed by atoms with Gasteiger partial charge in [0.05, 0.1) is 13.7 Å². The summed E-state index contributed by atoms with van der Waals surface area (Å²) in [5.74, 6) is 0.587. The highest BCUT2D eigenvalue weighted by molar-refractivity contribution is 5.94. The van der Waals surface area contributed by atoms with E-state index in [1.807, 2.05) is 31.2 Å². The lowest BCUT2D eigenvalue weighted by Crippen LogP contribution is -2.57. The van der Waals surface area contributed by atoms with E-state index in [1.165, 1.54) is 0 Å². The third kappa shape index (κ3) is 2.86. The number of amides is 2. The van der Waals surface area contributed by atoms with Crippen molar-refractivity contribution < 1.29 is 14.3 Å². The van der Waals surface area contributed by atoms with Crippen molar-refractivity contribution in [1.29, 1.82) is 0 Å². The van der Waals surface area contributed by atoms with Crippen LogP contribution >= 0.6 is 0 Å². The van der Waals surface area contributed by atoms with Crippen molar-refractivity contribution in [2.75, 3.05) is 13.7 Å². The summed E-state index contributed by atoms with van der Waals surface area (Å²) in [6.45, 7) is 2.38. The van der Waals surface area contributed by atoms with E-state index in [9.17, 15) is 9.59 Å². The number of nitrogens with one attached hydrogen (secondary N) is 1. The van der Waals surface area contributed by atoms with Crippen molar-refractivity contribution in [2.45, 2.75) is 25.9 Å². The van der Waals surface area contributed by atoms with E-state index in [-0.39, 0.29) is 18.4 Å². The Morgan fingerprint density at radius 2 is 2.11 bits per heavy atom. The molecule has 102 valence electrons. The Bertz CT molecular complexity index is 487. The van der Waals surface area contributed by atoms with Crippen LogP contribution in [0, 0.1) is 0 Å². The second-order valence-corrected chi connectivity index (χ2v) is 4.53. The Hall–Kier alpha value is -2.04. The maximum absolute atomic E-state index is 12.2. The molecule has 1 aromatic carbocycles. The van der Waals surface area contributed by atoms with Crippen molar-refractivity contribution in [2.24, 2.45) is 0 Å². The van der Waals surface area contributed by atoms with Crippen LogP contribution in [-0.2, 0) is 16.1 Å². The summed E-state index contributed by atoms with van der Waals surface area (Å²) in [6.07, 6.45) is 0.604. The molecule has 0 aromatic heterocycles. The van der Waals surface area contributed by atoms with Crippen molar-refractivity contribution >= 4 is 11.8 Å². The van der Waals surface area contributed by atoms with Gasteiger partial charge in [-0.1, -0.05) is 25.1 Å². The molecule has 0 bridgehead atoms. The number of carbonyl (C=O) groups excluding carboxylic acids is 2. The largest absolute Gasteiger partial charge is 0.496 e. The molecule has 0 radical (unpaired) electrons. The van der Waals surface area contributed by atoms with Gasteiger partial charge in [0.1, 0.15) is 11.8 Å². The van der Waals surface area contributed by atoms with Crippen molar-refractivity contribution in [1.82, 2.24) is 10.2 Å². The van der Waals surface area contributed by atoms with Gasteiger partial charge in [-0.15, -0.1) is 0 Å². The Morgan fingerprint density at radius 1 is 1.37 bits per heavy atom. The summed E-state index contributed by atoms with van der Waals surface area (Å²) in [5, 5.41) is 2.70. The van der Waals surface area contributed by atoms with Gasteiger partial charge < -0.3 is 15.0 Å². The number of rotatable bonds is 4. The molecule has 0 aliphatic carbocycles. The number of carbonyl (C=O) groups is 2. The van der Waals surface area contributed by atoms with E-state index >= 15 is 0 Å². The SMILES string of the molecule is CCC1NC(=O)CN(Cc2ccccc2OC)C1=O. The van der Waals surface area contributed by atoms with Crippen LogP contribution in [0.3, 0.4) is 0 Å². The smallest absolute Gasteiger partial charge is 0.245 e. The zero-order valence-corrected chi connectivity index (χ0v) is 11.2. The maximum atomic E-state index is 12.2. The van der Waals surface area contributed by atoms with E-state index in [0.29, 0.717) is 13.0 Å². The van der Waals surface area contributed by atoms with Crippen LogP contribution in [0.15, 0.2) is 24.3 Å². The second kappa shape index (κ2) is 5.73. The summed E-state index contributed by atoms with van der Waals surface area (Å²) >= 11 is 0. The first-order valence-corrected chi connectivity index (χ1v) is 6.35. The highest BCUT2D eigenvalue weighted by atomic mass is 16.5. The number of hydrogen-bond acceptors (Lipinski definition) is 3. The molecule has 1 N–H and O–H groups in total. The lowest BCUT2D eigenvalue weighted by molar-refractivity contribution is -0.144. The van der Waals surface area contributed by atoms with Crippen LogP contribution in [0.2, 0.25) is 0 Å². The van der Waals surface area contributed by atoms with E-state index < -0.39 is 6.04 Å². The average molecular weight is 262 g/mol. The number of benzene rings is 1. The lowest BCUT2D eigenvalue weighted by Gasteiger charge is -2.32. The summed E-state index contributed by atoms with van der Waals surface area (Å²) in [7, 11) is 1.60. The zero-order valence-electron chi connectivity index (χ0n) is 11.2. The molecule has 1 aromatic rings. The first-order valence-electron chi connectivity index (χ1n) is 6.35. The molecule has 1 aliphatic heterocycles. The summed E-state index contributed by atoms with van der Waals surface area (Å²) < 4.78 is 5.26. The van der Waals surface area contributed by atoms with E-state index in [2.05, 4.69) is 5.32 Å². The van der Waals surface area contributed by atoms with Gasteiger partial charge in [-0.2, -0.15) is 0 Å². The number of piperazine rings is 1. The predicted molar refractivity (Wildman–Crippen MR) is 70.6 cm³/mol. The molecular formula is C14H18N2O3. The van der Waals surface area contributed by atoms with Crippen LogP contribution < -0.4 is 10.1 Å². The molecule has 2 rings (SSSR count). The van der Waals surface area contributed by atoms with Gasteiger partial charge in [0.25, 0.3) is 0 Å². The summed E-state index contributed by atoms with van der Waals surface area (Å²) in [4.78, 5) is 25.3. The maximum Gasteiger partial charge on any atom is 0.245 e. The first kappa shape index (κ1) is 13.4. The minimum Gasteiger partial charge on any atom is -0.496 e. The highest BCUT2D eigenvalue weighted by Gasteiger charge is 2.31. The molecule has 0 spiro atoms. The minimum absolute atomic E-state index is 0.0343. The Labute approximate surface area is 112 Å². The molecular weight excluding hydrogens is 244 g/mol. The molecule has 19 heavy (non-hydrogen) atoms. The molecule has 0 saturated carbocycles. The zero-order chi connectivity index (χ0) is 13.8. The van der Waals surface area contributed by atoms with E-state index in [0.717, 1.165) is 11.3 Å². The van der Waals surface area contributed by atoms with Gasteiger partial charge in [-0.3, -0.25) is 9.59 Å². The number of nitrogens with zero attached hydrogens (tertiary/aromatic N) is 1. The standard InChI is InChI=1S/C14H18N2O3/c1-3-11-14(18)16(9-13(17)15-11)8-10-6-4-5-7-12(10)19-2/h4-7,11H,3,8-9H2,1-2H3,(H,15,17). The van der Waals surface area contributed by atoms with Gasteiger partial charge in [-0.05, 0) is 12.5 Å². The molecule has 1 aliphatic rings. The lowest BCUT2D eigenvalue weighted by atomic mass is 10.1. The third-order valence-corrected chi connectivity index (χ3v) is 3.24. The molecule has 1 fully saturated rings. The summed E-state index contributed by atoms with van der Waals surface area (Å²) in [5.41, 5.74) is 0.905. The first-order chi connectivity index (χ1) is 9.15. The Morgan fingerprint density at radius 3 is 2.79 bits per heavy atom. The number of methoxy groups -OCH3 is 1. The van der Waals surface area contributed by atoms with Crippen LogP contribution in [0.4, 0.5) is 0 Å². The second-order valence-electron chi connectivity index (χ2n) is 4.53. The molecule has 1 heterocycles. The normalized spacial score (nSPS) is 19.3. The molecule has 5 heteroatoms. The molecule has 1 saturated heterocycles. The topological polar surface area (TPSA) is 58.6 Å². The van der Waals surface area contributed by atoms with Gasteiger partial charge in [0, 0.05) is 12.1 Å². The quantitative estimate of drug-likeness (QED) is 0.878. The van der Waals surface area contributed by atoms with Crippen LogP contribution in [-0.4, -0.2) is 36.4 Å². The fraction of sp³-hybridized carbons (Fsp3) is 0.429. The van der Waals surface area contributed by atoms with Gasteiger partial charge in [0.15, 0.2) is 0 Å². The fourth-order valence-corrected chi connectivity index (χ4v) is 2.22. The van der Waals surface area contributed by atoms with Crippen LogP contribution in [0.5, 0.6) is 5.75 Å². The molecule has 2 amide bonds. The van der Waals surface area contributed by atoms with Gasteiger partial charge in [0.2, 0.25) is 11.8 Å². The minimum atomic E-state index is -0.407. The third-order valence-electron chi connectivity index (χ3n) is 3.24. The fourth-order valence-electron chi connectivity index (χ4n) is 2.22. The van der Waals surface area contributed by atoms with Gasteiger partial charge in [-0.25, -0.2) is 0 Å². The number of hydrogen-bond donors (Lipinski definition) is 1. The van der Waals surface area contributed by atoms with Crippen molar-refractivity contribution in [3.63, 3.8) is 0 Å². The Kier molecular flexibility index (Phi) is 4.04. The van der Waals surface area contributed by atoms with Crippen LogP contribution in [0.25, 0.3) is 0 Å². The highest BCUT2D eigenvalue weighted by Crippen LogP contribution is 2.20. The Balaban J connectivity index is 2.17. The number of para-hydroxylation sites is 1. The van der Waals surface area contributed by atoms with Gasteiger partial charge >= 0.3 is 0 Å². The monoisotopic (exact) mass is 262 g/mol. The number of ether oxygens (including phenoxy) is 1. The molecule has 5 nitrogen and oxygen atoms in total. The van der Waals surface area contributed by atoms with Crippen LogP contribution in [0.1, 0.15) is 18.9 Å². The van der Waals surface area contributed by atoms with Crippen molar-refractivity contribution in [3.05, 3.63) is 29.8 Å². The molecule has 1 unspecified atom stereocenters. The summed E-state index contributed by atoms with van der Waals surface area (Å²) in [6, 6.07) is 7.11.